The number of benzene rings is 1. The van der Waals surface area contributed by atoms with Gasteiger partial charge in [-0.15, -0.1) is 4.20 Å². The standard InChI is InChI=1S/C13H17FNO3P/c14-19(16)17-10-12-9-15(7-6-13(12)18-19)8-11-4-2-1-3-5-11/h1-5,12-13H,6-10H2/t12-,13-,19+/m0/s1. The molecule has 0 radical (unpaired) electrons. The maximum absolute atomic E-state index is 13.2. The van der Waals surface area contributed by atoms with Gasteiger partial charge in [0, 0.05) is 25.6 Å². The minimum absolute atomic E-state index is 0.107. The second kappa shape index (κ2) is 5.33. The lowest BCUT2D eigenvalue weighted by atomic mass is 9.95. The zero-order chi connectivity index (χ0) is 13.3. The molecule has 0 N–H and O–H groups in total. The molecule has 2 aliphatic heterocycles. The highest BCUT2D eigenvalue weighted by molar-refractivity contribution is 7.48. The molecule has 2 fully saturated rings. The minimum atomic E-state index is -4.28. The fourth-order valence-corrected chi connectivity index (χ4v) is 3.78. The maximum atomic E-state index is 13.2. The molecule has 0 saturated carbocycles. The molecule has 2 heterocycles. The van der Waals surface area contributed by atoms with Crippen LogP contribution < -0.4 is 0 Å². The first-order chi connectivity index (χ1) is 9.12. The summed E-state index contributed by atoms with van der Waals surface area (Å²) in [5.74, 6) is 0.107. The molecule has 1 aromatic rings. The third-order valence-electron chi connectivity index (χ3n) is 3.70. The Bertz CT molecular complexity index is 484. The van der Waals surface area contributed by atoms with Crippen LogP contribution in [0.5, 0.6) is 0 Å². The Morgan fingerprint density at radius 2 is 2.16 bits per heavy atom. The predicted octanol–water partition coefficient (Wildman–Crippen LogP) is 3.00. The third-order valence-corrected chi connectivity index (χ3v) is 4.68. The molecule has 3 atom stereocenters. The maximum Gasteiger partial charge on any atom is 0.513 e. The van der Waals surface area contributed by atoms with E-state index in [0.29, 0.717) is 6.42 Å². The second-order valence-electron chi connectivity index (χ2n) is 5.14. The lowest BCUT2D eigenvalue weighted by Gasteiger charge is -2.40. The van der Waals surface area contributed by atoms with Crippen LogP contribution in [0.3, 0.4) is 0 Å². The summed E-state index contributed by atoms with van der Waals surface area (Å²) in [6.45, 7) is 2.68. The van der Waals surface area contributed by atoms with Gasteiger partial charge in [-0.1, -0.05) is 30.3 Å². The first-order valence-electron chi connectivity index (χ1n) is 6.51. The number of likely N-dealkylation sites (tertiary alicyclic amines) is 1. The zero-order valence-corrected chi connectivity index (χ0v) is 11.5. The second-order valence-corrected chi connectivity index (χ2v) is 6.47. The van der Waals surface area contributed by atoms with E-state index in [0.717, 1.165) is 19.6 Å². The molecule has 0 spiro atoms. The number of hydrogen-bond donors (Lipinski definition) is 0. The van der Waals surface area contributed by atoms with Crippen molar-refractivity contribution < 1.29 is 17.8 Å². The van der Waals surface area contributed by atoms with E-state index in [1.165, 1.54) is 5.56 Å². The molecule has 3 rings (SSSR count). The molecule has 0 bridgehead atoms. The molecule has 104 valence electrons. The Hall–Kier alpha value is -0.740. The third kappa shape index (κ3) is 3.23. The number of nitrogens with zero attached hydrogens (tertiary/aromatic N) is 1. The minimum Gasteiger partial charge on any atom is -0.299 e. The molecule has 0 aliphatic carbocycles. The van der Waals surface area contributed by atoms with Crippen LogP contribution in [0, 0.1) is 5.92 Å². The van der Waals surface area contributed by atoms with E-state index in [2.05, 4.69) is 21.6 Å². The summed E-state index contributed by atoms with van der Waals surface area (Å²) in [7, 11) is -4.28. The van der Waals surface area contributed by atoms with E-state index in [9.17, 15) is 8.76 Å². The monoisotopic (exact) mass is 285 g/mol. The van der Waals surface area contributed by atoms with Gasteiger partial charge in [-0.3, -0.25) is 13.9 Å². The van der Waals surface area contributed by atoms with Gasteiger partial charge in [0.15, 0.2) is 0 Å². The lowest BCUT2D eigenvalue weighted by molar-refractivity contribution is -0.0363. The van der Waals surface area contributed by atoms with Gasteiger partial charge < -0.3 is 0 Å². The van der Waals surface area contributed by atoms with Crippen LogP contribution in [0.15, 0.2) is 30.3 Å². The molecule has 19 heavy (non-hydrogen) atoms. The molecule has 0 unspecified atom stereocenters. The fraction of sp³-hybridized carbons (Fsp3) is 0.538. The first-order valence-corrected chi connectivity index (χ1v) is 7.95. The van der Waals surface area contributed by atoms with E-state index in [4.69, 9.17) is 4.52 Å². The molecule has 0 aromatic heterocycles. The zero-order valence-electron chi connectivity index (χ0n) is 10.6. The van der Waals surface area contributed by atoms with Gasteiger partial charge in [-0.2, -0.15) is 0 Å². The average Bonchev–Trinajstić information content (AvgIpc) is 2.39. The van der Waals surface area contributed by atoms with E-state index >= 15 is 0 Å². The van der Waals surface area contributed by atoms with Crippen molar-refractivity contribution in [1.29, 1.82) is 0 Å². The van der Waals surface area contributed by atoms with E-state index in [-0.39, 0.29) is 18.6 Å². The Morgan fingerprint density at radius 1 is 1.37 bits per heavy atom. The number of fused-ring (bicyclic) bond motifs is 1. The highest BCUT2D eigenvalue weighted by Gasteiger charge is 2.42. The predicted molar refractivity (Wildman–Crippen MR) is 69.4 cm³/mol. The highest BCUT2D eigenvalue weighted by atomic mass is 31.2. The van der Waals surface area contributed by atoms with Crippen LogP contribution >= 0.6 is 7.91 Å². The van der Waals surface area contributed by atoms with Gasteiger partial charge in [-0.25, -0.2) is 4.57 Å². The molecule has 2 saturated heterocycles. The van der Waals surface area contributed by atoms with Crippen LogP contribution in [0.1, 0.15) is 12.0 Å². The largest absolute Gasteiger partial charge is 0.513 e. The molecular weight excluding hydrogens is 268 g/mol. The van der Waals surface area contributed by atoms with Crippen molar-refractivity contribution in [3.63, 3.8) is 0 Å². The topological polar surface area (TPSA) is 38.8 Å². The van der Waals surface area contributed by atoms with Crippen molar-refractivity contribution in [2.24, 2.45) is 5.92 Å². The summed E-state index contributed by atoms with van der Waals surface area (Å²) in [6, 6.07) is 10.2. The Kier molecular flexibility index (Phi) is 3.72. The van der Waals surface area contributed by atoms with Crippen molar-refractivity contribution >= 4 is 7.91 Å². The quantitative estimate of drug-likeness (QED) is 0.783. The van der Waals surface area contributed by atoms with Gasteiger partial charge in [0.05, 0.1) is 12.7 Å². The lowest BCUT2D eigenvalue weighted by Crippen LogP contribution is -2.46. The summed E-state index contributed by atoms with van der Waals surface area (Å²) in [5, 5.41) is 0. The van der Waals surface area contributed by atoms with Crippen LogP contribution in [-0.2, 0) is 20.2 Å². The van der Waals surface area contributed by atoms with Crippen molar-refractivity contribution in [1.82, 2.24) is 4.90 Å². The van der Waals surface area contributed by atoms with Crippen molar-refractivity contribution in [3.8, 4) is 0 Å². The van der Waals surface area contributed by atoms with Crippen LogP contribution in [0.4, 0.5) is 4.20 Å². The molecule has 1 aromatic carbocycles. The van der Waals surface area contributed by atoms with Gasteiger partial charge in [0.25, 0.3) is 0 Å². The van der Waals surface area contributed by atoms with Crippen molar-refractivity contribution in [2.45, 2.75) is 19.1 Å². The summed E-state index contributed by atoms with van der Waals surface area (Å²) in [4.78, 5) is 2.30. The normalized spacial score (nSPS) is 35.8. The summed E-state index contributed by atoms with van der Waals surface area (Å²) in [6.07, 6.45) is 0.436. The van der Waals surface area contributed by atoms with Crippen molar-refractivity contribution in [3.05, 3.63) is 35.9 Å². The highest BCUT2D eigenvalue weighted by Crippen LogP contribution is 2.56. The van der Waals surface area contributed by atoms with Gasteiger partial charge >= 0.3 is 7.91 Å². The first kappa shape index (κ1) is 13.3. The smallest absolute Gasteiger partial charge is 0.299 e. The Balaban J connectivity index is 1.60. The van der Waals surface area contributed by atoms with E-state index < -0.39 is 7.91 Å². The van der Waals surface area contributed by atoms with E-state index in [1.54, 1.807) is 0 Å². The summed E-state index contributed by atoms with van der Waals surface area (Å²) >= 11 is 0. The van der Waals surface area contributed by atoms with Gasteiger partial charge in [-0.05, 0) is 12.0 Å². The molecule has 0 amide bonds. The molecule has 4 nitrogen and oxygen atoms in total. The van der Waals surface area contributed by atoms with Crippen LogP contribution in [-0.4, -0.2) is 30.7 Å². The molecular formula is C13H17FNO3P. The van der Waals surface area contributed by atoms with Crippen LogP contribution in [0.2, 0.25) is 0 Å². The SMILES string of the molecule is O=[P@]1(F)OC[C@@H]2CN(Cc3ccccc3)CC[C@@H]2O1. The Labute approximate surface area is 112 Å². The number of rotatable bonds is 2. The molecule has 6 heteroatoms. The van der Waals surface area contributed by atoms with Gasteiger partial charge in [0.2, 0.25) is 0 Å². The van der Waals surface area contributed by atoms with Crippen LogP contribution in [0.25, 0.3) is 0 Å². The summed E-state index contributed by atoms with van der Waals surface area (Å²) in [5.41, 5.74) is 1.26. The summed E-state index contributed by atoms with van der Waals surface area (Å²) < 4.78 is 33.9. The van der Waals surface area contributed by atoms with E-state index in [1.807, 2.05) is 18.2 Å². The number of piperidine rings is 1. The Morgan fingerprint density at radius 3 is 2.95 bits per heavy atom. The number of hydrogen-bond acceptors (Lipinski definition) is 4. The number of halogens is 1. The fourth-order valence-electron chi connectivity index (χ4n) is 2.75. The van der Waals surface area contributed by atoms with Gasteiger partial charge in [0.1, 0.15) is 0 Å². The average molecular weight is 285 g/mol. The van der Waals surface area contributed by atoms with Crippen molar-refractivity contribution in [2.75, 3.05) is 19.7 Å². The molecule has 2 aliphatic rings.